The predicted octanol–water partition coefficient (Wildman–Crippen LogP) is 4.90. The summed E-state index contributed by atoms with van der Waals surface area (Å²) in [5, 5.41) is 3.23. The number of carbonyl (C=O) groups excluding carboxylic acids is 2. The van der Waals surface area contributed by atoms with Gasteiger partial charge in [-0.3, -0.25) is 4.79 Å². The van der Waals surface area contributed by atoms with Gasteiger partial charge in [0.25, 0.3) is 10.0 Å². The van der Waals surface area contributed by atoms with Gasteiger partial charge in [0.2, 0.25) is 0 Å². The van der Waals surface area contributed by atoms with Crippen molar-refractivity contribution in [1.82, 2.24) is 10.0 Å². The fourth-order valence-electron chi connectivity index (χ4n) is 3.17. The highest BCUT2D eigenvalue weighted by molar-refractivity contribution is 7.92. The molecule has 0 aliphatic heterocycles. The lowest BCUT2D eigenvalue weighted by Gasteiger charge is -2.10. The molecule has 2 aromatic rings. The summed E-state index contributed by atoms with van der Waals surface area (Å²) in [6, 6.07) is 9.51. The minimum Gasteiger partial charge on any atom is -0.449 e. The number of unbranched alkanes of at least 4 members (excludes halogenated alkanes) is 1. The molecule has 0 unspecified atom stereocenters. The lowest BCUT2D eigenvalue weighted by molar-refractivity contribution is -0.116. The van der Waals surface area contributed by atoms with Gasteiger partial charge in [0.1, 0.15) is 9.99 Å². The maximum atomic E-state index is 13.1. The fraction of sp³-hybridized carbons (Fsp3) is 0.500. The number of hydrogen-bond acceptors (Lipinski definition) is 7. The van der Waals surface area contributed by atoms with Gasteiger partial charge in [-0.2, -0.15) is 0 Å². The molecule has 2 N–H and O–H groups in total. The SMILES string of the molecule is CCCCOC(=O)NS(=O)(=O)c1sc(CC(C)C)cc1-c1cccc(CNCCC(C)=O)c1. The third-order valence-electron chi connectivity index (χ3n) is 4.77. The standard InChI is InChI=1S/C24H34N2O5S2/c1-5-6-12-31-24(28)26-33(29,30)23-22(15-21(32-23)13-17(2)3)20-9-7-8-19(14-20)16-25-11-10-18(4)27/h7-9,14-15,17,25H,5-6,10-13,16H2,1-4H3,(H,26,28). The molecule has 1 amide bonds. The van der Waals surface area contributed by atoms with Gasteiger partial charge in [-0.05, 0) is 48.9 Å². The number of ketones is 1. The molecule has 0 aliphatic rings. The first kappa shape index (κ1) is 27.0. The lowest BCUT2D eigenvalue weighted by Crippen LogP contribution is -2.31. The molecule has 0 bridgehead atoms. The number of thiophene rings is 1. The lowest BCUT2D eigenvalue weighted by atomic mass is 10.0. The minimum atomic E-state index is -4.09. The zero-order chi connectivity index (χ0) is 24.4. The average Bonchev–Trinajstić information content (AvgIpc) is 3.15. The molecule has 0 fully saturated rings. The summed E-state index contributed by atoms with van der Waals surface area (Å²) >= 11 is 1.18. The number of hydrogen-bond donors (Lipinski definition) is 2. The molecule has 1 heterocycles. The first-order chi connectivity index (χ1) is 15.6. The van der Waals surface area contributed by atoms with E-state index in [0.717, 1.165) is 28.8 Å². The van der Waals surface area contributed by atoms with Crippen LogP contribution in [0.2, 0.25) is 0 Å². The summed E-state index contributed by atoms with van der Waals surface area (Å²) in [6.07, 6.45) is 1.75. The van der Waals surface area contributed by atoms with Crippen molar-refractivity contribution in [2.24, 2.45) is 5.92 Å². The molecule has 7 nitrogen and oxygen atoms in total. The Morgan fingerprint density at radius 1 is 1.18 bits per heavy atom. The van der Waals surface area contributed by atoms with Gasteiger partial charge >= 0.3 is 6.09 Å². The molecule has 1 aromatic carbocycles. The van der Waals surface area contributed by atoms with E-state index in [-0.39, 0.29) is 16.6 Å². The van der Waals surface area contributed by atoms with Crippen LogP contribution in [0.1, 0.15) is 57.4 Å². The Kier molecular flexibility index (Phi) is 10.5. The molecular formula is C24H34N2O5S2. The summed E-state index contributed by atoms with van der Waals surface area (Å²) in [5.74, 6) is 0.485. The van der Waals surface area contributed by atoms with Gasteiger partial charge in [0.05, 0.1) is 6.61 Å². The Labute approximate surface area is 201 Å². The minimum absolute atomic E-state index is 0.104. The largest absolute Gasteiger partial charge is 0.449 e. The van der Waals surface area contributed by atoms with Crippen molar-refractivity contribution in [2.45, 2.75) is 64.1 Å². The number of ether oxygens (including phenoxy) is 1. The topological polar surface area (TPSA) is 102 Å². The number of rotatable bonds is 13. The van der Waals surface area contributed by atoms with Gasteiger partial charge in [-0.1, -0.05) is 45.4 Å². The zero-order valence-corrected chi connectivity index (χ0v) is 21.4. The van der Waals surface area contributed by atoms with Crippen LogP contribution in [0.15, 0.2) is 34.5 Å². The van der Waals surface area contributed by atoms with Crippen molar-refractivity contribution in [2.75, 3.05) is 13.2 Å². The van der Waals surface area contributed by atoms with E-state index in [2.05, 4.69) is 23.9 Å². The second-order valence-corrected chi connectivity index (χ2v) is 11.5. The molecule has 0 spiro atoms. The highest BCUT2D eigenvalue weighted by atomic mass is 32.2. The van der Waals surface area contributed by atoms with Crippen molar-refractivity contribution in [3.63, 3.8) is 0 Å². The first-order valence-electron chi connectivity index (χ1n) is 11.2. The monoisotopic (exact) mass is 494 g/mol. The number of benzene rings is 1. The number of amides is 1. The number of Topliss-reactive ketones (excluding diaryl/α,β-unsaturated/α-hetero) is 1. The quantitative estimate of drug-likeness (QED) is 0.384. The molecule has 0 radical (unpaired) electrons. The highest BCUT2D eigenvalue weighted by Crippen LogP contribution is 2.36. The van der Waals surface area contributed by atoms with Crippen molar-refractivity contribution in [3.8, 4) is 11.1 Å². The molecule has 0 saturated heterocycles. The zero-order valence-electron chi connectivity index (χ0n) is 19.8. The number of nitrogens with one attached hydrogen (secondary N) is 2. The molecule has 0 aliphatic carbocycles. The van der Waals surface area contributed by atoms with Crippen molar-refractivity contribution in [3.05, 3.63) is 40.8 Å². The van der Waals surface area contributed by atoms with Crippen LogP contribution in [0.4, 0.5) is 4.79 Å². The third kappa shape index (κ3) is 8.91. The molecule has 2 rings (SSSR count). The summed E-state index contributed by atoms with van der Waals surface area (Å²) in [4.78, 5) is 24.1. The molecule has 0 saturated carbocycles. The summed E-state index contributed by atoms with van der Waals surface area (Å²) in [6.45, 7) is 8.98. The van der Waals surface area contributed by atoms with Crippen LogP contribution in [0, 0.1) is 5.92 Å². The maximum Gasteiger partial charge on any atom is 0.421 e. The molecular weight excluding hydrogens is 460 g/mol. The van der Waals surface area contributed by atoms with E-state index in [1.54, 1.807) is 6.92 Å². The van der Waals surface area contributed by atoms with E-state index in [4.69, 9.17) is 4.74 Å². The Bertz CT molecular complexity index is 1040. The van der Waals surface area contributed by atoms with Crippen LogP contribution in [-0.4, -0.2) is 33.4 Å². The van der Waals surface area contributed by atoms with Crippen LogP contribution in [-0.2, 0) is 32.5 Å². The van der Waals surface area contributed by atoms with Crippen molar-refractivity contribution < 1.29 is 22.7 Å². The molecule has 0 atom stereocenters. The average molecular weight is 495 g/mol. The smallest absolute Gasteiger partial charge is 0.421 e. The Hall–Kier alpha value is -2.23. The van der Waals surface area contributed by atoms with Crippen LogP contribution >= 0.6 is 11.3 Å². The highest BCUT2D eigenvalue weighted by Gasteiger charge is 2.26. The molecule has 33 heavy (non-hydrogen) atoms. The second kappa shape index (κ2) is 12.9. The van der Waals surface area contributed by atoms with E-state index in [1.165, 1.54) is 11.3 Å². The molecule has 1 aromatic heterocycles. The van der Waals surface area contributed by atoms with E-state index in [1.807, 2.05) is 37.3 Å². The normalized spacial score (nSPS) is 11.5. The van der Waals surface area contributed by atoms with Crippen LogP contribution < -0.4 is 10.0 Å². The van der Waals surface area contributed by atoms with E-state index in [0.29, 0.717) is 37.4 Å². The van der Waals surface area contributed by atoms with Gasteiger partial charge < -0.3 is 10.1 Å². The summed E-state index contributed by atoms with van der Waals surface area (Å²) in [5.41, 5.74) is 2.30. The Morgan fingerprint density at radius 3 is 2.61 bits per heavy atom. The molecule has 9 heteroatoms. The molecule has 182 valence electrons. The van der Waals surface area contributed by atoms with Crippen LogP contribution in [0.3, 0.4) is 0 Å². The number of carbonyl (C=O) groups is 2. The van der Waals surface area contributed by atoms with E-state index < -0.39 is 16.1 Å². The van der Waals surface area contributed by atoms with Gasteiger partial charge in [-0.15, -0.1) is 11.3 Å². The van der Waals surface area contributed by atoms with Gasteiger partial charge in [0.15, 0.2) is 0 Å². The predicted molar refractivity (Wildman–Crippen MR) is 132 cm³/mol. The number of sulfonamides is 1. The third-order valence-corrected chi connectivity index (χ3v) is 7.78. The van der Waals surface area contributed by atoms with Crippen molar-refractivity contribution in [1.29, 1.82) is 0 Å². The Morgan fingerprint density at radius 2 is 1.94 bits per heavy atom. The maximum absolute atomic E-state index is 13.1. The first-order valence-corrected chi connectivity index (χ1v) is 13.5. The Balaban J connectivity index is 2.31. The van der Waals surface area contributed by atoms with E-state index >= 15 is 0 Å². The van der Waals surface area contributed by atoms with Gasteiger partial charge in [-0.25, -0.2) is 17.9 Å². The van der Waals surface area contributed by atoms with Crippen LogP contribution in [0.25, 0.3) is 11.1 Å². The summed E-state index contributed by atoms with van der Waals surface area (Å²) < 4.78 is 33.3. The summed E-state index contributed by atoms with van der Waals surface area (Å²) in [7, 11) is -4.09. The second-order valence-electron chi connectivity index (χ2n) is 8.44. The fourth-order valence-corrected chi connectivity index (χ4v) is 6.01. The van der Waals surface area contributed by atoms with Gasteiger partial charge in [0, 0.05) is 30.0 Å². The van der Waals surface area contributed by atoms with Crippen LogP contribution in [0.5, 0.6) is 0 Å². The van der Waals surface area contributed by atoms with E-state index in [9.17, 15) is 18.0 Å². The van der Waals surface area contributed by atoms with Crippen molar-refractivity contribution >= 4 is 33.2 Å².